The van der Waals surface area contributed by atoms with E-state index in [-0.39, 0.29) is 24.3 Å². The van der Waals surface area contributed by atoms with Gasteiger partial charge in [-0.15, -0.1) is 0 Å². The van der Waals surface area contributed by atoms with Gasteiger partial charge in [0.05, 0.1) is 11.4 Å². The molecule has 0 bridgehead atoms. The van der Waals surface area contributed by atoms with Crippen LogP contribution in [-0.2, 0) is 4.79 Å². The van der Waals surface area contributed by atoms with E-state index in [4.69, 9.17) is 27.9 Å². The highest BCUT2D eigenvalue weighted by atomic mass is 35.5. The Morgan fingerprint density at radius 1 is 1.14 bits per heavy atom. The van der Waals surface area contributed by atoms with Crippen molar-refractivity contribution in [3.63, 3.8) is 0 Å². The maximum absolute atomic E-state index is 12.7. The molecule has 0 aromatic heterocycles. The number of amides is 2. The summed E-state index contributed by atoms with van der Waals surface area (Å²) >= 11 is 13.2. The second kappa shape index (κ2) is 9.24. The van der Waals surface area contributed by atoms with Gasteiger partial charge in [0.15, 0.2) is 0 Å². The quantitative estimate of drug-likeness (QED) is 0.469. The van der Waals surface area contributed by atoms with Crippen LogP contribution in [0.5, 0.6) is 5.75 Å². The smallest absolute Gasteiger partial charge is 0.293 e. The summed E-state index contributed by atoms with van der Waals surface area (Å²) in [6.07, 6.45) is 1.56. The molecule has 3 rings (SSSR count). The van der Waals surface area contributed by atoms with E-state index in [1.807, 2.05) is 25.1 Å². The summed E-state index contributed by atoms with van der Waals surface area (Å²) in [7, 11) is 0. The van der Waals surface area contributed by atoms with Crippen molar-refractivity contribution in [2.24, 2.45) is 0 Å². The van der Waals surface area contributed by atoms with Crippen molar-refractivity contribution in [3.8, 4) is 5.75 Å². The fourth-order valence-electron chi connectivity index (χ4n) is 2.96. The highest BCUT2D eigenvalue weighted by molar-refractivity contribution is 8.18. The third kappa shape index (κ3) is 4.97. The average molecular weight is 450 g/mol. The largest absolute Gasteiger partial charge is 0.491 e. The monoisotopic (exact) mass is 449 g/mol. The fourth-order valence-corrected chi connectivity index (χ4v) is 4.32. The van der Waals surface area contributed by atoms with Crippen LogP contribution < -0.4 is 4.74 Å². The molecule has 2 aromatic rings. The number of aryl methyl sites for hydroxylation is 1. The number of hydrogen-bond acceptors (Lipinski definition) is 4. The van der Waals surface area contributed by atoms with E-state index in [1.165, 1.54) is 4.90 Å². The van der Waals surface area contributed by atoms with Gasteiger partial charge in [-0.25, -0.2) is 0 Å². The minimum Gasteiger partial charge on any atom is -0.491 e. The molecular formula is C22H21Cl2NO3S. The molecule has 4 nitrogen and oxygen atoms in total. The Hall–Kier alpha value is -1.95. The molecule has 0 N–H and O–H groups in total. The fraction of sp³-hybridized carbons (Fsp3) is 0.273. The number of nitrogens with zero attached hydrogens (tertiary/aromatic N) is 1. The number of carbonyl (C=O) groups excluding carboxylic acids is 2. The predicted molar refractivity (Wildman–Crippen MR) is 120 cm³/mol. The lowest BCUT2D eigenvalue weighted by Crippen LogP contribution is -2.32. The molecule has 1 heterocycles. The van der Waals surface area contributed by atoms with Crippen LogP contribution in [0.4, 0.5) is 4.79 Å². The van der Waals surface area contributed by atoms with E-state index in [2.05, 4.69) is 13.8 Å². The Labute approximate surface area is 184 Å². The molecule has 0 spiro atoms. The van der Waals surface area contributed by atoms with Crippen molar-refractivity contribution < 1.29 is 14.3 Å². The SMILES string of the molecule is Cc1ccc(C(C)C)c(OCCN2C(=O)S/C(=C\c3c(Cl)cccc3Cl)C2=O)c1. The number of carbonyl (C=O) groups is 2. The molecule has 152 valence electrons. The van der Waals surface area contributed by atoms with Gasteiger partial charge in [0, 0.05) is 15.6 Å². The lowest BCUT2D eigenvalue weighted by atomic mass is 10.0. The predicted octanol–water partition coefficient (Wildman–Crippen LogP) is 6.54. The van der Waals surface area contributed by atoms with Crippen molar-refractivity contribution >= 4 is 52.2 Å². The summed E-state index contributed by atoms with van der Waals surface area (Å²) in [6, 6.07) is 11.2. The van der Waals surface area contributed by atoms with E-state index < -0.39 is 0 Å². The summed E-state index contributed by atoms with van der Waals surface area (Å²) in [4.78, 5) is 26.5. The van der Waals surface area contributed by atoms with Crippen molar-refractivity contribution in [2.45, 2.75) is 26.7 Å². The van der Waals surface area contributed by atoms with E-state index in [9.17, 15) is 9.59 Å². The first-order valence-electron chi connectivity index (χ1n) is 9.20. The summed E-state index contributed by atoms with van der Waals surface area (Å²) in [5.74, 6) is 0.726. The van der Waals surface area contributed by atoms with Crippen LogP contribution in [0.25, 0.3) is 6.08 Å². The number of ether oxygens (including phenoxy) is 1. The van der Waals surface area contributed by atoms with Crippen LogP contribution in [0.1, 0.15) is 36.5 Å². The molecule has 1 aliphatic rings. The van der Waals surface area contributed by atoms with E-state index in [1.54, 1.807) is 24.3 Å². The van der Waals surface area contributed by atoms with Crippen LogP contribution in [0.2, 0.25) is 10.0 Å². The van der Waals surface area contributed by atoms with Crippen molar-refractivity contribution in [1.82, 2.24) is 4.90 Å². The van der Waals surface area contributed by atoms with Gasteiger partial charge in [0.2, 0.25) is 0 Å². The molecule has 2 aromatic carbocycles. The molecular weight excluding hydrogens is 429 g/mol. The normalized spacial score (nSPS) is 15.7. The number of halogens is 2. The third-order valence-electron chi connectivity index (χ3n) is 4.51. The maximum Gasteiger partial charge on any atom is 0.293 e. The Bertz CT molecular complexity index is 968. The zero-order valence-electron chi connectivity index (χ0n) is 16.4. The lowest BCUT2D eigenvalue weighted by Gasteiger charge is -2.17. The van der Waals surface area contributed by atoms with Crippen molar-refractivity contribution in [3.05, 3.63) is 68.0 Å². The topological polar surface area (TPSA) is 46.6 Å². The van der Waals surface area contributed by atoms with E-state index in [0.29, 0.717) is 26.4 Å². The zero-order chi connectivity index (χ0) is 21.1. The van der Waals surface area contributed by atoms with E-state index in [0.717, 1.165) is 28.6 Å². The molecule has 7 heteroatoms. The Kier molecular flexibility index (Phi) is 6.93. The number of rotatable bonds is 6. The second-order valence-corrected chi connectivity index (χ2v) is 8.82. The third-order valence-corrected chi connectivity index (χ3v) is 6.08. The highest BCUT2D eigenvalue weighted by Crippen LogP contribution is 2.35. The van der Waals surface area contributed by atoms with Gasteiger partial charge in [-0.3, -0.25) is 14.5 Å². The molecule has 0 aliphatic carbocycles. The molecule has 0 atom stereocenters. The number of imide groups is 1. The van der Waals surface area contributed by atoms with Crippen molar-refractivity contribution in [2.75, 3.05) is 13.2 Å². The number of benzene rings is 2. The van der Waals surface area contributed by atoms with Gasteiger partial charge < -0.3 is 4.74 Å². The van der Waals surface area contributed by atoms with E-state index >= 15 is 0 Å². The van der Waals surface area contributed by atoms with Crippen LogP contribution in [0.3, 0.4) is 0 Å². The van der Waals surface area contributed by atoms with Gasteiger partial charge in [0.1, 0.15) is 12.4 Å². The van der Waals surface area contributed by atoms with Crippen LogP contribution in [0, 0.1) is 6.92 Å². The van der Waals surface area contributed by atoms with Crippen LogP contribution in [0.15, 0.2) is 41.3 Å². The highest BCUT2D eigenvalue weighted by Gasteiger charge is 2.35. The summed E-state index contributed by atoms with van der Waals surface area (Å²) < 4.78 is 5.91. The Balaban J connectivity index is 1.70. The molecule has 29 heavy (non-hydrogen) atoms. The van der Waals surface area contributed by atoms with Gasteiger partial charge in [0.25, 0.3) is 11.1 Å². The maximum atomic E-state index is 12.7. The molecule has 1 fully saturated rings. The minimum absolute atomic E-state index is 0.170. The van der Waals surface area contributed by atoms with Crippen molar-refractivity contribution in [1.29, 1.82) is 0 Å². The summed E-state index contributed by atoms with van der Waals surface area (Å²) in [6.45, 7) is 6.58. The summed E-state index contributed by atoms with van der Waals surface area (Å²) in [5.41, 5.74) is 2.71. The van der Waals surface area contributed by atoms with Crippen LogP contribution >= 0.6 is 35.0 Å². The molecule has 1 saturated heterocycles. The molecule has 0 radical (unpaired) electrons. The Morgan fingerprint density at radius 3 is 2.48 bits per heavy atom. The van der Waals surface area contributed by atoms with Crippen LogP contribution in [-0.4, -0.2) is 29.2 Å². The molecule has 0 saturated carbocycles. The molecule has 1 aliphatic heterocycles. The lowest BCUT2D eigenvalue weighted by molar-refractivity contribution is -0.123. The minimum atomic E-state index is -0.368. The van der Waals surface area contributed by atoms with Gasteiger partial charge >= 0.3 is 0 Å². The second-order valence-electron chi connectivity index (χ2n) is 7.01. The zero-order valence-corrected chi connectivity index (χ0v) is 18.7. The van der Waals surface area contributed by atoms with Gasteiger partial charge in [-0.1, -0.05) is 55.2 Å². The van der Waals surface area contributed by atoms with Gasteiger partial charge in [-0.2, -0.15) is 0 Å². The average Bonchev–Trinajstić information content (AvgIpc) is 2.92. The summed E-state index contributed by atoms with van der Waals surface area (Å²) in [5, 5.41) is 0.517. The number of hydrogen-bond donors (Lipinski definition) is 0. The van der Waals surface area contributed by atoms with Gasteiger partial charge in [-0.05, 0) is 60.0 Å². The first-order valence-corrected chi connectivity index (χ1v) is 10.8. The molecule has 2 amide bonds. The standard InChI is InChI=1S/C22H21Cl2NO3S/c1-13(2)15-8-7-14(3)11-19(15)28-10-9-25-21(26)20(29-22(25)27)12-16-17(23)5-4-6-18(16)24/h4-8,11-13H,9-10H2,1-3H3/b20-12-. The molecule has 0 unspecified atom stereocenters. The first-order chi connectivity index (χ1) is 13.8. The Morgan fingerprint density at radius 2 is 1.83 bits per heavy atom. The first kappa shape index (κ1) is 21.8. The number of thioether (sulfide) groups is 1.